The van der Waals surface area contributed by atoms with Crippen molar-refractivity contribution in [3.05, 3.63) is 39.6 Å². The molecule has 114 valence electrons. The quantitative estimate of drug-likeness (QED) is 0.926. The Morgan fingerprint density at radius 2 is 2.14 bits per heavy atom. The summed E-state index contributed by atoms with van der Waals surface area (Å²) in [5, 5.41) is 4.74. The molecule has 2 amide bonds. The largest absolute Gasteiger partial charge is 0.481 e. The average molecular weight is 316 g/mol. The first-order chi connectivity index (χ1) is 10.5. The van der Waals surface area contributed by atoms with E-state index >= 15 is 0 Å². The first-order valence-electron chi connectivity index (χ1n) is 6.87. The van der Waals surface area contributed by atoms with Crippen molar-refractivity contribution in [2.45, 2.75) is 13.8 Å². The van der Waals surface area contributed by atoms with Crippen molar-refractivity contribution < 1.29 is 14.3 Å². The van der Waals surface area contributed by atoms with Crippen LogP contribution in [0.5, 0.6) is 5.75 Å². The number of likely N-dealkylation sites (N-methyl/N-ethyl adjacent to an activating group) is 1. The van der Waals surface area contributed by atoms with Crippen molar-refractivity contribution in [3.8, 4) is 5.75 Å². The number of amides is 2. The van der Waals surface area contributed by atoms with E-state index in [9.17, 15) is 9.59 Å². The number of rotatable bonds is 2. The number of ether oxygens (including phenoxy) is 1. The molecular weight excluding hydrogens is 300 g/mol. The van der Waals surface area contributed by atoms with Crippen molar-refractivity contribution in [2.75, 3.05) is 23.9 Å². The van der Waals surface area contributed by atoms with Crippen LogP contribution >= 0.6 is 11.3 Å². The molecule has 1 aliphatic rings. The molecule has 22 heavy (non-hydrogen) atoms. The van der Waals surface area contributed by atoms with Gasteiger partial charge in [0.2, 0.25) is 0 Å². The number of anilines is 2. The summed E-state index contributed by atoms with van der Waals surface area (Å²) in [4.78, 5) is 26.6. The molecule has 1 aliphatic heterocycles. The number of hydrogen-bond donors (Lipinski definition) is 1. The first kappa shape index (κ1) is 14.6. The van der Waals surface area contributed by atoms with Crippen molar-refractivity contribution >= 4 is 34.5 Å². The fourth-order valence-corrected chi connectivity index (χ4v) is 3.16. The van der Waals surface area contributed by atoms with Crippen LogP contribution in [0.15, 0.2) is 23.6 Å². The van der Waals surface area contributed by atoms with Gasteiger partial charge in [0.25, 0.3) is 11.8 Å². The number of fused-ring (bicyclic) bond motifs is 1. The predicted octanol–water partition coefficient (Wildman–Crippen LogP) is 2.97. The maximum absolute atomic E-state index is 12.3. The molecule has 0 aliphatic carbocycles. The fraction of sp³-hybridized carbons (Fsp3) is 0.250. The van der Waals surface area contributed by atoms with Crippen LogP contribution in [0, 0.1) is 13.8 Å². The molecule has 0 radical (unpaired) electrons. The Morgan fingerprint density at radius 3 is 2.82 bits per heavy atom. The van der Waals surface area contributed by atoms with E-state index in [0.717, 1.165) is 10.4 Å². The highest BCUT2D eigenvalue weighted by atomic mass is 32.1. The second-order valence-electron chi connectivity index (χ2n) is 5.21. The van der Waals surface area contributed by atoms with Crippen molar-refractivity contribution in [2.24, 2.45) is 0 Å². The van der Waals surface area contributed by atoms with Gasteiger partial charge in [-0.15, -0.1) is 11.3 Å². The molecule has 2 heterocycles. The van der Waals surface area contributed by atoms with Gasteiger partial charge >= 0.3 is 0 Å². The number of hydrogen-bond acceptors (Lipinski definition) is 4. The minimum absolute atomic E-state index is 0.0176. The first-order valence-corrected chi connectivity index (χ1v) is 7.75. The molecule has 6 heteroatoms. The van der Waals surface area contributed by atoms with E-state index in [1.807, 2.05) is 19.2 Å². The van der Waals surface area contributed by atoms with Crippen molar-refractivity contribution in [1.82, 2.24) is 0 Å². The third kappa shape index (κ3) is 2.46. The topological polar surface area (TPSA) is 58.6 Å². The molecule has 1 N–H and O–H groups in total. The van der Waals surface area contributed by atoms with Crippen molar-refractivity contribution in [3.63, 3.8) is 0 Å². The summed E-state index contributed by atoms with van der Waals surface area (Å²) in [5.41, 5.74) is 3.04. The summed E-state index contributed by atoms with van der Waals surface area (Å²) in [6.07, 6.45) is 0. The Labute approximate surface area is 132 Å². The van der Waals surface area contributed by atoms with Gasteiger partial charge in [0.1, 0.15) is 5.75 Å². The zero-order valence-corrected chi connectivity index (χ0v) is 13.4. The predicted molar refractivity (Wildman–Crippen MR) is 87.1 cm³/mol. The maximum Gasteiger partial charge on any atom is 0.264 e. The van der Waals surface area contributed by atoms with Gasteiger partial charge in [-0.1, -0.05) is 0 Å². The van der Waals surface area contributed by atoms with Gasteiger partial charge in [-0.3, -0.25) is 9.59 Å². The van der Waals surface area contributed by atoms with Crippen LogP contribution in [0.4, 0.5) is 11.4 Å². The molecule has 3 rings (SSSR count). The van der Waals surface area contributed by atoms with E-state index in [1.165, 1.54) is 0 Å². The Hall–Kier alpha value is -2.34. The third-order valence-electron chi connectivity index (χ3n) is 3.83. The van der Waals surface area contributed by atoms with E-state index < -0.39 is 0 Å². The number of aryl methyl sites for hydroxylation is 1. The van der Waals surface area contributed by atoms with Crippen LogP contribution in [0.3, 0.4) is 0 Å². The zero-order chi connectivity index (χ0) is 15.9. The lowest BCUT2D eigenvalue weighted by atomic mass is 10.1. The van der Waals surface area contributed by atoms with E-state index in [1.54, 1.807) is 41.5 Å². The van der Waals surface area contributed by atoms with Crippen molar-refractivity contribution in [1.29, 1.82) is 0 Å². The minimum Gasteiger partial charge on any atom is -0.481 e. The lowest BCUT2D eigenvalue weighted by Crippen LogP contribution is -2.35. The van der Waals surface area contributed by atoms with Gasteiger partial charge in [-0.25, -0.2) is 0 Å². The van der Waals surface area contributed by atoms with Gasteiger partial charge in [0, 0.05) is 29.1 Å². The number of carbonyl (C=O) groups is 2. The summed E-state index contributed by atoms with van der Waals surface area (Å²) in [5.74, 6) is 0.369. The molecular formula is C16H16N2O3S. The van der Waals surface area contributed by atoms with E-state index in [2.05, 4.69) is 5.32 Å². The average Bonchev–Trinajstić information content (AvgIpc) is 2.83. The molecule has 0 unspecified atom stereocenters. The lowest BCUT2D eigenvalue weighted by Gasteiger charge is -2.26. The molecule has 5 nitrogen and oxygen atoms in total. The van der Waals surface area contributed by atoms with Crippen LogP contribution in [0.1, 0.15) is 20.8 Å². The monoisotopic (exact) mass is 316 g/mol. The second-order valence-corrected chi connectivity index (χ2v) is 6.29. The number of nitrogens with one attached hydrogen (secondary N) is 1. The third-order valence-corrected chi connectivity index (χ3v) is 4.85. The fourth-order valence-electron chi connectivity index (χ4n) is 2.29. The van der Waals surface area contributed by atoms with Crippen LogP contribution in [0.25, 0.3) is 0 Å². The minimum atomic E-state index is -0.137. The lowest BCUT2D eigenvalue weighted by molar-refractivity contribution is -0.120. The Balaban J connectivity index is 1.84. The summed E-state index contributed by atoms with van der Waals surface area (Å²) < 4.78 is 5.42. The molecule has 0 spiro atoms. The summed E-state index contributed by atoms with van der Waals surface area (Å²) >= 11 is 1.56. The summed E-state index contributed by atoms with van der Waals surface area (Å²) in [6, 6.07) is 5.28. The van der Waals surface area contributed by atoms with E-state index in [0.29, 0.717) is 22.7 Å². The Morgan fingerprint density at radius 1 is 1.36 bits per heavy atom. The van der Waals surface area contributed by atoms with Gasteiger partial charge in [-0.05, 0) is 31.5 Å². The van der Waals surface area contributed by atoms with E-state index in [-0.39, 0.29) is 18.4 Å². The number of thiophene rings is 1. The Kier molecular flexibility index (Phi) is 3.62. The highest BCUT2D eigenvalue weighted by Gasteiger charge is 2.22. The zero-order valence-electron chi connectivity index (χ0n) is 12.6. The smallest absolute Gasteiger partial charge is 0.264 e. The molecule has 1 aromatic heterocycles. The van der Waals surface area contributed by atoms with Gasteiger partial charge in [0.15, 0.2) is 6.61 Å². The molecule has 0 saturated carbocycles. The Bertz CT molecular complexity index is 767. The molecule has 0 fully saturated rings. The van der Waals surface area contributed by atoms with Gasteiger partial charge in [0.05, 0.1) is 11.3 Å². The number of nitrogens with zero attached hydrogens (tertiary/aromatic N) is 1. The molecule has 0 bridgehead atoms. The SMILES string of the molecule is Cc1scc(C(=O)Nc2ccc3c(c2)OCC(=O)N3C)c1C. The van der Waals surface area contributed by atoms with E-state index in [4.69, 9.17) is 4.74 Å². The van der Waals surface area contributed by atoms with Crippen LogP contribution < -0.4 is 15.0 Å². The second kappa shape index (κ2) is 5.46. The van der Waals surface area contributed by atoms with Crippen LogP contribution in [-0.2, 0) is 4.79 Å². The molecule has 2 aromatic rings. The van der Waals surface area contributed by atoms with Gasteiger partial charge < -0.3 is 15.0 Å². The van der Waals surface area contributed by atoms with Gasteiger partial charge in [-0.2, -0.15) is 0 Å². The number of benzene rings is 1. The normalized spacial score (nSPS) is 13.6. The highest BCUT2D eigenvalue weighted by molar-refractivity contribution is 7.10. The maximum atomic E-state index is 12.3. The molecule has 0 saturated heterocycles. The molecule has 1 aromatic carbocycles. The molecule has 0 atom stereocenters. The summed E-state index contributed by atoms with van der Waals surface area (Å²) in [7, 11) is 1.71. The highest BCUT2D eigenvalue weighted by Crippen LogP contribution is 2.34. The van der Waals surface area contributed by atoms with Crippen LogP contribution in [0.2, 0.25) is 0 Å². The standard InChI is InChI=1S/C16H16N2O3S/c1-9-10(2)22-8-12(9)16(20)17-11-4-5-13-14(6-11)21-7-15(19)18(13)3/h4-6,8H,7H2,1-3H3,(H,17,20). The van der Waals surface area contributed by atoms with Crippen LogP contribution in [-0.4, -0.2) is 25.5 Å². The summed E-state index contributed by atoms with van der Waals surface area (Å²) in [6.45, 7) is 3.96. The number of carbonyl (C=O) groups excluding carboxylic acids is 2.